The monoisotopic (exact) mass is 1140 g/mol. The minimum atomic E-state index is -2.65. The molecule has 3 N–H and O–H groups in total. The van der Waals surface area contributed by atoms with Gasteiger partial charge in [-0.25, -0.2) is 14.0 Å². The Balaban J connectivity index is 1.10. The smallest absolute Gasteiger partial charge is 0.351 e. The van der Waals surface area contributed by atoms with Crippen LogP contribution in [0.5, 0.6) is 11.5 Å². The van der Waals surface area contributed by atoms with Crippen LogP contribution in [0, 0.1) is 6.92 Å². The summed E-state index contributed by atoms with van der Waals surface area (Å²) in [7, 11) is 0.494. The number of rotatable bonds is 24. The largest absolute Gasteiger partial charge is 0.497 e. The van der Waals surface area contributed by atoms with Gasteiger partial charge in [0.2, 0.25) is 0 Å². The first-order chi connectivity index (χ1) is 39.7. The summed E-state index contributed by atoms with van der Waals surface area (Å²) in [6.07, 6.45) is -4.54. The number of aromatic nitrogens is 4. The van der Waals surface area contributed by atoms with Gasteiger partial charge in [0.25, 0.3) is 17.4 Å². The molecule has 82 heavy (non-hydrogen) atoms. The Bertz CT molecular complexity index is 3420. The zero-order chi connectivity index (χ0) is 57.8. The van der Waals surface area contributed by atoms with Crippen LogP contribution in [0.1, 0.15) is 76.5 Å². The molecule has 2 aliphatic rings. The molecule has 21 nitrogen and oxygen atoms in total. The summed E-state index contributed by atoms with van der Waals surface area (Å²) >= 11 is 0. The molecule has 2 aromatic heterocycles. The topological polar surface area (TPSA) is 248 Å². The molecule has 8 atom stereocenters. The first-order valence-corrected chi connectivity index (χ1v) is 27.2. The van der Waals surface area contributed by atoms with Gasteiger partial charge in [-0.1, -0.05) is 103 Å². The molecule has 23 heteroatoms. The Morgan fingerprint density at radius 1 is 0.756 bits per heavy atom. The molecule has 0 bridgehead atoms. The summed E-state index contributed by atoms with van der Waals surface area (Å²) in [5, 5.41) is 5.22. The number of hydrogen-bond donors (Lipinski definition) is 3. The highest BCUT2D eigenvalue weighted by Crippen LogP contribution is 2.51. The SMILES string of the molecule is COc1ccc(C(OC[C@H]2O[C@@H](n3ccc(NC(=O)c4ccccc4)nc3=O)C[C@@H]2O[P@@](OC[C@H]2O[C@@H](n3cc(C)c(=O)[nH]c3=O)C[C@@H]2OC(C)=O)OC(CNC(=O)CF)c2ccccc2)(c2ccccc2)c2ccc(OC)cc2)cc1. The third kappa shape index (κ3) is 13.9. The average Bonchev–Trinajstić information content (AvgIpc) is 4.25. The lowest BCUT2D eigenvalue weighted by atomic mass is 9.80. The molecule has 2 fully saturated rings. The molecule has 428 valence electrons. The maximum absolute atomic E-state index is 14.1. The summed E-state index contributed by atoms with van der Waals surface area (Å²) in [6.45, 7) is 0.611. The van der Waals surface area contributed by atoms with Crippen LogP contribution in [0.3, 0.4) is 0 Å². The van der Waals surface area contributed by atoms with Crippen LogP contribution in [-0.4, -0.2) is 102 Å². The number of halogens is 1. The van der Waals surface area contributed by atoms with Crippen molar-refractivity contribution in [1.82, 2.24) is 24.4 Å². The van der Waals surface area contributed by atoms with E-state index in [0.29, 0.717) is 33.8 Å². The fourth-order valence-corrected chi connectivity index (χ4v) is 10.9. The van der Waals surface area contributed by atoms with Crippen molar-refractivity contribution >= 4 is 32.2 Å². The van der Waals surface area contributed by atoms with Crippen molar-refractivity contribution in [3.8, 4) is 11.5 Å². The maximum atomic E-state index is 14.1. The number of hydrogen-bond acceptors (Lipinski definition) is 16. The van der Waals surface area contributed by atoms with Gasteiger partial charge < -0.3 is 52.6 Å². The van der Waals surface area contributed by atoms with Gasteiger partial charge in [0.05, 0.1) is 33.5 Å². The number of nitrogens with one attached hydrogen (secondary N) is 3. The van der Waals surface area contributed by atoms with E-state index in [4.69, 9.17) is 42.0 Å². The fourth-order valence-electron chi connectivity index (χ4n) is 9.62. The van der Waals surface area contributed by atoms with Crippen molar-refractivity contribution in [3.63, 3.8) is 0 Å². The van der Waals surface area contributed by atoms with E-state index in [0.717, 1.165) is 5.56 Å². The lowest BCUT2D eigenvalue weighted by Crippen LogP contribution is -2.38. The Hall–Kier alpha value is -8.21. The van der Waals surface area contributed by atoms with E-state index in [1.165, 1.54) is 41.4 Å². The third-order valence-corrected chi connectivity index (χ3v) is 15.0. The number of methoxy groups -OCH3 is 2. The molecule has 9 rings (SSSR count). The first-order valence-electron chi connectivity index (χ1n) is 26.1. The van der Waals surface area contributed by atoms with Gasteiger partial charge in [0.15, 0.2) is 6.67 Å². The fraction of sp³-hybridized carbons (Fsp3) is 0.305. The Morgan fingerprint density at radius 2 is 1.33 bits per heavy atom. The van der Waals surface area contributed by atoms with Crippen molar-refractivity contribution in [1.29, 1.82) is 0 Å². The predicted molar refractivity (Wildman–Crippen MR) is 297 cm³/mol. The molecule has 1 unspecified atom stereocenters. The van der Waals surface area contributed by atoms with Gasteiger partial charge >= 0.3 is 26.0 Å². The Labute approximate surface area is 471 Å². The quantitative estimate of drug-likeness (QED) is 0.0304. The summed E-state index contributed by atoms with van der Waals surface area (Å²) in [6, 6.07) is 43.1. The molecule has 2 saturated heterocycles. The standard InChI is InChI=1S/C59H60FN6O15P/c1-37-34-66(58(72)64-55(37)69)54-30-46(77-38(2)67)50(79-54)36-76-82(81-48(33-61-52(68)32-60)39-14-8-5-9-15-39)80-47-31-53(65-29-28-51(63-57(65)71)62-56(70)40-16-10-6-11-17-40)78-49(47)35-75-59(41-18-12-7-13-19-41,42-20-24-44(73-3)25-21-42)43-22-26-45(74-4)27-23-43/h5-29,34,46-50,53-54H,30-33,35-36H2,1-4H3,(H,61,68)(H,64,69,72)(H,62,63,70,71)/t46-,47-,48?,49+,50+,53+,54+,82+/m0/s1. The summed E-state index contributed by atoms with van der Waals surface area (Å²) < 4.78 is 73.7. The Morgan fingerprint density at radius 3 is 1.93 bits per heavy atom. The number of esters is 1. The highest BCUT2D eigenvalue weighted by Gasteiger charge is 2.46. The number of ether oxygens (including phenoxy) is 6. The maximum Gasteiger partial charge on any atom is 0.351 e. The van der Waals surface area contributed by atoms with Crippen molar-refractivity contribution in [3.05, 3.63) is 223 Å². The molecule has 0 aliphatic carbocycles. The molecule has 0 saturated carbocycles. The summed E-state index contributed by atoms with van der Waals surface area (Å²) in [5.74, 6) is -0.824. The van der Waals surface area contributed by atoms with Crippen LogP contribution >= 0.6 is 8.60 Å². The normalized spacial score (nSPS) is 19.4. The van der Waals surface area contributed by atoms with E-state index in [2.05, 4.69) is 20.6 Å². The molecule has 0 spiro atoms. The first kappa shape index (κ1) is 58.4. The number of benzene rings is 5. The molecule has 2 amide bonds. The number of aromatic amines is 1. The van der Waals surface area contributed by atoms with Crippen LogP contribution < -0.4 is 37.0 Å². The Kier molecular flexibility index (Phi) is 19.3. The van der Waals surface area contributed by atoms with Crippen molar-refractivity contribution < 1.29 is 60.8 Å². The lowest BCUT2D eigenvalue weighted by molar-refractivity contribution is -0.150. The van der Waals surface area contributed by atoms with Crippen LogP contribution in [0.25, 0.3) is 0 Å². The highest BCUT2D eigenvalue weighted by molar-refractivity contribution is 7.41. The van der Waals surface area contributed by atoms with E-state index in [9.17, 15) is 33.2 Å². The van der Waals surface area contributed by atoms with Crippen LogP contribution in [0.4, 0.5) is 10.2 Å². The number of amides is 2. The van der Waals surface area contributed by atoms with Gasteiger partial charge in [-0.15, -0.1) is 0 Å². The molecular weight excluding hydrogens is 1080 g/mol. The second-order valence-corrected chi connectivity index (χ2v) is 20.2. The summed E-state index contributed by atoms with van der Waals surface area (Å²) in [5.41, 5.74) is -0.176. The van der Waals surface area contributed by atoms with Crippen molar-refractivity contribution in [2.75, 3.05) is 46.0 Å². The highest BCUT2D eigenvalue weighted by atomic mass is 31.2. The summed E-state index contributed by atoms with van der Waals surface area (Å²) in [4.78, 5) is 84.1. The van der Waals surface area contributed by atoms with Crippen LogP contribution in [0.15, 0.2) is 172 Å². The minimum absolute atomic E-state index is 0.00599. The third-order valence-electron chi connectivity index (χ3n) is 13.7. The minimum Gasteiger partial charge on any atom is -0.497 e. The average molecular weight is 1140 g/mol. The second-order valence-electron chi connectivity index (χ2n) is 19.1. The number of alkyl halides is 1. The van der Waals surface area contributed by atoms with Gasteiger partial charge in [0, 0.05) is 49.8 Å². The van der Waals surface area contributed by atoms with E-state index in [1.807, 2.05) is 78.9 Å². The number of aryl methyl sites for hydroxylation is 1. The molecule has 7 aromatic rings. The number of anilines is 1. The van der Waals surface area contributed by atoms with E-state index in [-0.39, 0.29) is 44.0 Å². The van der Waals surface area contributed by atoms with E-state index >= 15 is 0 Å². The lowest BCUT2D eigenvalue weighted by Gasteiger charge is -2.37. The number of carbonyl (C=O) groups excluding carboxylic acids is 3. The van der Waals surface area contributed by atoms with Crippen LogP contribution in [-0.2, 0) is 47.7 Å². The van der Waals surface area contributed by atoms with Gasteiger partial charge in [-0.3, -0.25) is 33.3 Å². The predicted octanol–water partition coefficient (Wildman–Crippen LogP) is 7.36. The van der Waals surface area contributed by atoms with Gasteiger partial charge in [0.1, 0.15) is 59.8 Å². The zero-order valence-corrected chi connectivity index (χ0v) is 46.0. The van der Waals surface area contributed by atoms with Gasteiger partial charge in [-0.05, 0) is 71.6 Å². The number of carbonyl (C=O) groups is 3. The van der Waals surface area contributed by atoms with Crippen LogP contribution in [0.2, 0.25) is 0 Å². The molecule has 0 radical (unpaired) electrons. The van der Waals surface area contributed by atoms with E-state index < -0.39 is 98.6 Å². The molecular formula is C59H60FN6O15P. The van der Waals surface area contributed by atoms with E-state index in [1.54, 1.807) is 74.9 Å². The molecule has 4 heterocycles. The van der Waals surface area contributed by atoms with Crippen molar-refractivity contribution in [2.24, 2.45) is 0 Å². The number of H-pyrrole nitrogens is 1. The molecule has 2 aliphatic heterocycles. The second kappa shape index (κ2) is 27.0. The van der Waals surface area contributed by atoms with Crippen molar-refractivity contribution in [2.45, 2.75) is 75.3 Å². The van der Waals surface area contributed by atoms with Gasteiger partial charge in [-0.2, -0.15) is 4.98 Å². The number of nitrogens with zero attached hydrogens (tertiary/aromatic N) is 3. The molecule has 5 aromatic carbocycles. The zero-order valence-electron chi connectivity index (χ0n) is 45.1.